The van der Waals surface area contributed by atoms with Crippen molar-refractivity contribution in [3.63, 3.8) is 0 Å². The molecule has 1 atom stereocenters. The fourth-order valence-electron chi connectivity index (χ4n) is 1.81. The maximum Gasteiger partial charge on any atom is 0.115 e. The topological polar surface area (TPSA) is 47.3 Å². The third kappa shape index (κ3) is 2.38. The fourth-order valence-corrected chi connectivity index (χ4v) is 2.06. The number of nitrogens with one attached hydrogen (secondary N) is 1. The maximum absolute atomic E-state index is 6.14. The molecule has 1 heterocycles. The monoisotopic (exact) mass is 238 g/mol. The highest BCUT2D eigenvalue weighted by atomic mass is 35.5. The molecule has 1 aliphatic rings. The first-order valence-corrected chi connectivity index (χ1v) is 5.74. The standard InChI is InChI=1S/C12H15ClN2O/c13-10-6-2-1-5-9(10)12(15-14)11-7-3-4-8-16-11/h1-2,5-7,12,15H,3-4,8,14H2. The number of halogens is 1. The van der Waals surface area contributed by atoms with E-state index in [-0.39, 0.29) is 6.04 Å². The van der Waals surface area contributed by atoms with Crippen LogP contribution in [0.4, 0.5) is 0 Å². The lowest BCUT2D eigenvalue weighted by molar-refractivity contribution is 0.168. The normalized spacial score (nSPS) is 17.5. The number of ether oxygens (including phenoxy) is 1. The van der Waals surface area contributed by atoms with Crippen LogP contribution in [-0.2, 0) is 4.74 Å². The zero-order valence-electron chi connectivity index (χ0n) is 8.95. The van der Waals surface area contributed by atoms with Gasteiger partial charge in [0.2, 0.25) is 0 Å². The van der Waals surface area contributed by atoms with E-state index in [0.717, 1.165) is 30.8 Å². The molecule has 3 N–H and O–H groups in total. The Hall–Kier alpha value is -1.03. The number of nitrogens with two attached hydrogens (primary N) is 1. The number of benzene rings is 1. The first-order valence-electron chi connectivity index (χ1n) is 5.36. The third-order valence-corrected chi connectivity index (χ3v) is 2.97. The summed E-state index contributed by atoms with van der Waals surface area (Å²) in [6.07, 6.45) is 4.15. The molecule has 0 saturated heterocycles. The van der Waals surface area contributed by atoms with Gasteiger partial charge >= 0.3 is 0 Å². The molecule has 1 unspecified atom stereocenters. The van der Waals surface area contributed by atoms with Crippen LogP contribution >= 0.6 is 11.6 Å². The van der Waals surface area contributed by atoms with Crippen molar-refractivity contribution in [2.75, 3.05) is 6.61 Å². The molecule has 1 aliphatic heterocycles. The van der Waals surface area contributed by atoms with Crippen LogP contribution in [0.2, 0.25) is 5.02 Å². The van der Waals surface area contributed by atoms with E-state index in [1.807, 2.05) is 24.3 Å². The number of hydrogen-bond acceptors (Lipinski definition) is 3. The van der Waals surface area contributed by atoms with E-state index in [1.54, 1.807) is 0 Å². The molecule has 3 nitrogen and oxygen atoms in total. The van der Waals surface area contributed by atoms with Crippen molar-refractivity contribution >= 4 is 11.6 Å². The van der Waals surface area contributed by atoms with Gasteiger partial charge in [0.15, 0.2) is 0 Å². The number of allylic oxidation sites excluding steroid dienone is 1. The van der Waals surface area contributed by atoms with Crippen LogP contribution in [0.1, 0.15) is 24.4 Å². The van der Waals surface area contributed by atoms with Crippen molar-refractivity contribution in [2.24, 2.45) is 5.84 Å². The average Bonchev–Trinajstić information content (AvgIpc) is 2.34. The van der Waals surface area contributed by atoms with Gasteiger partial charge in [0.25, 0.3) is 0 Å². The van der Waals surface area contributed by atoms with Gasteiger partial charge in [-0.1, -0.05) is 29.8 Å². The molecule has 16 heavy (non-hydrogen) atoms. The number of hydrogen-bond donors (Lipinski definition) is 2. The molecule has 86 valence electrons. The Kier molecular flexibility index (Phi) is 3.83. The van der Waals surface area contributed by atoms with Gasteiger partial charge in [-0.15, -0.1) is 0 Å². The predicted octanol–water partition coefficient (Wildman–Crippen LogP) is 2.54. The van der Waals surface area contributed by atoms with Crippen molar-refractivity contribution in [2.45, 2.75) is 18.9 Å². The van der Waals surface area contributed by atoms with Gasteiger partial charge in [-0.05, 0) is 30.5 Å². The minimum Gasteiger partial charge on any atom is -0.496 e. The molecular weight excluding hydrogens is 224 g/mol. The van der Waals surface area contributed by atoms with Gasteiger partial charge < -0.3 is 4.74 Å². The van der Waals surface area contributed by atoms with Gasteiger partial charge in [-0.2, -0.15) is 0 Å². The maximum atomic E-state index is 6.14. The van der Waals surface area contributed by atoms with E-state index in [2.05, 4.69) is 11.5 Å². The largest absolute Gasteiger partial charge is 0.496 e. The van der Waals surface area contributed by atoms with Gasteiger partial charge in [-0.3, -0.25) is 5.84 Å². The average molecular weight is 239 g/mol. The van der Waals surface area contributed by atoms with E-state index in [1.165, 1.54) is 0 Å². The Morgan fingerprint density at radius 1 is 1.38 bits per heavy atom. The summed E-state index contributed by atoms with van der Waals surface area (Å²) in [5.74, 6) is 6.44. The SMILES string of the molecule is NNC(C1=CCCCO1)c1ccccc1Cl. The van der Waals surface area contributed by atoms with Crippen LogP contribution < -0.4 is 11.3 Å². The van der Waals surface area contributed by atoms with E-state index < -0.39 is 0 Å². The summed E-state index contributed by atoms with van der Waals surface area (Å²) in [7, 11) is 0. The Morgan fingerprint density at radius 2 is 2.19 bits per heavy atom. The van der Waals surface area contributed by atoms with E-state index in [0.29, 0.717) is 5.02 Å². The van der Waals surface area contributed by atoms with Crippen molar-refractivity contribution in [3.8, 4) is 0 Å². The van der Waals surface area contributed by atoms with Gasteiger partial charge in [0, 0.05) is 5.02 Å². The van der Waals surface area contributed by atoms with Crippen LogP contribution in [0.15, 0.2) is 36.1 Å². The van der Waals surface area contributed by atoms with Crippen LogP contribution in [0.5, 0.6) is 0 Å². The summed E-state index contributed by atoms with van der Waals surface area (Å²) in [6, 6.07) is 7.48. The second kappa shape index (κ2) is 5.34. The molecule has 0 aliphatic carbocycles. The molecule has 0 amide bonds. The Bertz CT molecular complexity index is 392. The van der Waals surface area contributed by atoms with Gasteiger partial charge in [0.05, 0.1) is 6.61 Å². The highest BCUT2D eigenvalue weighted by molar-refractivity contribution is 6.31. The number of rotatable bonds is 3. The zero-order chi connectivity index (χ0) is 11.4. The van der Waals surface area contributed by atoms with Crippen molar-refractivity contribution in [1.82, 2.24) is 5.43 Å². The Labute approximate surface area is 100 Å². The summed E-state index contributed by atoms with van der Waals surface area (Å²) in [5.41, 5.74) is 3.70. The van der Waals surface area contributed by atoms with Crippen LogP contribution in [0, 0.1) is 0 Å². The van der Waals surface area contributed by atoms with Gasteiger partial charge in [0.1, 0.15) is 11.8 Å². The molecule has 0 aromatic heterocycles. The summed E-state index contributed by atoms with van der Waals surface area (Å²) < 4.78 is 5.60. The minimum atomic E-state index is -0.158. The molecule has 2 rings (SSSR count). The molecule has 0 saturated carbocycles. The van der Waals surface area contributed by atoms with E-state index in [4.69, 9.17) is 22.2 Å². The fraction of sp³-hybridized carbons (Fsp3) is 0.333. The van der Waals surface area contributed by atoms with E-state index in [9.17, 15) is 0 Å². The lowest BCUT2D eigenvalue weighted by Gasteiger charge is -2.24. The first-order chi connectivity index (χ1) is 7.83. The second-order valence-electron chi connectivity index (χ2n) is 3.72. The molecule has 0 spiro atoms. The molecule has 0 radical (unpaired) electrons. The summed E-state index contributed by atoms with van der Waals surface area (Å²) >= 11 is 6.14. The second-order valence-corrected chi connectivity index (χ2v) is 4.13. The lowest BCUT2D eigenvalue weighted by atomic mass is 10.0. The third-order valence-electron chi connectivity index (χ3n) is 2.63. The molecule has 0 fully saturated rings. The highest BCUT2D eigenvalue weighted by Crippen LogP contribution is 2.29. The minimum absolute atomic E-state index is 0.158. The van der Waals surface area contributed by atoms with Crippen LogP contribution in [0.3, 0.4) is 0 Å². The summed E-state index contributed by atoms with van der Waals surface area (Å²) in [5, 5.41) is 0.695. The highest BCUT2D eigenvalue weighted by Gasteiger charge is 2.20. The smallest absolute Gasteiger partial charge is 0.115 e. The van der Waals surface area contributed by atoms with Crippen molar-refractivity contribution in [1.29, 1.82) is 0 Å². The lowest BCUT2D eigenvalue weighted by Crippen LogP contribution is -2.31. The number of hydrazine groups is 1. The van der Waals surface area contributed by atoms with E-state index >= 15 is 0 Å². The van der Waals surface area contributed by atoms with Crippen molar-refractivity contribution in [3.05, 3.63) is 46.7 Å². The molecule has 1 aromatic rings. The zero-order valence-corrected chi connectivity index (χ0v) is 9.70. The summed E-state index contributed by atoms with van der Waals surface area (Å²) in [6.45, 7) is 0.745. The molecular formula is C12H15ClN2O. The van der Waals surface area contributed by atoms with Crippen molar-refractivity contribution < 1.29 is 4.74 Å². The quantitative estimate of drug-likeness (QED) is 0.629. The Balaban J connectivity index is 2.28. The molecule has 4 heteroatoms. The van der Waals surface area contributed by atoms with Crippen LogP contribution in [-0.4, -0.2) is 6.61 Å². The predicted molar refractivity (Wildman–Crippen MR) is 64.8 cm³/mol. The Morgan fingerprint density at radius 3 is 2.81 bits per heavy atom. The molecule has 1 aromatic carbocycles. The van der Waals surface area contributed by atoms with Gasteiger partial charge in [-0.25, -0.2) is 5.43 Å². The summed E-state index contributed by atoms with van der Waals surface area (Å²) in [4.78, 5) is 0. The van der Waals surface area contributed by atoms with Crippen LogP contribution in [0.25, 0.3) is 0 Å². The molecule has 0 bridgehead atoms. The first kappa shape index (κ1) is 11.5.